The van der Waals surface area contributed by atoms with E-state index in [1.54, 1.807) is 12.1 Å². The first kappa shape index (κ1) is 25.9. The predicted octanol–water partition coefficient (Wildman–Crippen LogP) is 3.32. The van der Waals surface area contributed by atoms with Crippen molar-refractivity contribution in [2.75, 3.05) is 67.2 Å². The normalized spacial score (nSPS) is 17.0. The quantitative estimate of drug-likeness (QED) is 0.233. The second kappa shape index (κ2) is 10.9. The van der Waals surface area contributed by atoms with Gasteiger partial charge in [0.05, 0.1) is 11.0 Å². The minimum Gasteiger partial charge on any atom is -0.393 e. The number of aliphatic hydroxyl groups is 1. The molecule has 4 N–H and O–H groups in total. The van der Waals surface area contributed by atoms with Crippen LogP contribution >= 0.6 is 11.3 Å². The molecule has 2 fully saturated rings. The molecule has 0 saturated carbocycles. The first-order valence-electron chi connectivity index (χ1n) is 12.6. The van der Waals surface area contributed by atoms with Crippen molar-refractivity contribution in [3.8, 4) is 0 Å². The number of nitrogens with one attached hydrogen (secondary N) is 1. The van der Waals surface area contributed by atoms with Crippen LogP contribution in [-0.2, 0) is 0 Å². The topological polar surface area (TPSA) is 141 Å². The van der Waals surface area contributed by atoms with Gasteiger partial charge in [-0.25, -0.2) is 4.98 Å². The Labute approximate surface area is 224 Å². The molecular formula is C26H31N7O4S. The zero-order chi connectivity index (χ0) is 26.8. The third kappa shape index (κ3) is 5.57. The molecule has 3 heterocycles. The van der Waals surface area contributed by atoms with E-state index >= 15 is 0 Å². The Hall–Kier alpha value is -3.74. The number of hydrogen-bond acceptors (Lipinski definition) is 11. The minimum absolute atomic E-state index is 0.0771. The summed E-state index contributed by atoms with van der Waals surface area (Å²) in [5, 5.41) is 25.3. The van der Waals surface area contributed by atoms with Crippen LogP contribution in [0.3, 0.4) is 0 Å². The number of thiazole rings is 1. The van der Waals surface area contributed by atoms with E-state index in [9.17, 15) is 20.0 Å². The van der Waals surface area contributed by atoms with E-state index < -0.39 is 16.8 Å². The van der Waals surface area contributed by atoms with E-state index in [2.05, 4.69) is 39.3 Å². The molecule has 2 aliphatic heterocycles. The summed E-state index contributed by atoms with van der Waals surface area (Å²) < 4.78 is 0. The van der Waals surface area contributed by atoms with Gasteiger partial charge in [-0.05, 0) is 56.3 Å². The number of hydrogen-bond donors (Lipinski definition) is 3. The molecule has 0 aliphatic carbocycles. The molecule has 5 rings (SSSR count). The van der Waals surface area contributed by atoms with Crippen LogP contribution in [0.4, 0.5) is 33.7 Å². The molecule has 200 valence electrons. The van der Waals surface area contributed by atoms with E-state index in [0.29, 0.717) is 36.8 Å². The number of nitrogens with zero attached hydrogens (tertiary/aromatic N) is 5. The van der Waals surface area contributed by atoms with Gasteiger partial charge in [0, 0.05) is 62.3 Å². The SMILES string of the molecule is CN1CCN(c2ccc(Nc3nc(N)c(C(=O)c4ccc(N5CCC(O)CC5)c([N+](=O)[O-])c4)s3)cc2)CC1. The molecule has 0 atom stereocenters. The molecule has 2 aromatic carbocycles. The van der Waals surface area contributed by atoms with Gasteiger partial charge in [-0.3, -0.25) is 14.9 Å². The molecule has 3 aromatic rings. The van der Waals surface area contributed by atoms with Gasteiger partial charge in [0.1, 0.15) is 16.4 Å². The summed E-state index contributed by atoms with van der Waals surface area (Å²) in [7, 11) is 2.13. The number of piperazine rings is 1. The number of piperidine rings is 1. The molecule has 2 aliphatic rings. The largest absolute Gasteiger partial charge is 0.393 e. The van der Waals surface area contributed by atoms with Crippen LogP contribution in [0.15, 0.2) is 42.5 Å². The highest BCUT2D eigenvalue weighted by Crippen LogP contribution is 2.35. The molecule has 0 unspecified atom stereocenters. The lowest BCUT2D eigenvalue weighted by Gasteiger charge is -2.34. The highest BCUT2D eigenvalue weighted by molar-refractivity contribution is 7.18. The van der Waals surface area contributed by atoms with Crippen molar-refractivity contribution in [1.29, 1.82) is 0 Å². The number of nitrogens with two attached hydrogens (primary N) is 1. The predicted molar refractivity (Wildman–Crippen MR) is 150 cm³/mol. The van der Waals surface area contributed by atoms with Gasteiger partial charge in [0.25, 0.3) is 5.69 Å². The highest BCUT2D eigenvalue weighted by Gasteiger charge is 2.27. The molecule has 38 heavy (non-hydrogen) atoms. The van der Waals surface area contributed by atoms with Crippen molar-refractivity contribution >= 4 is 50.8 Å². The van der Waals surface area contributed by atoms with Gasteiger partial charge in [-0.2, -0.15) is 0 Å². The number of rotatable bonds is 7. The van der Waals surface area contributed by atoms with Crippen molar-refractivity contribution in [1.82, 2.24) is 9.88 Å². The molecule has 12 heteroatoms. The average molecular weight is 538 g/mol. The van der Waals surface area contributed by atoms with Crippen molar-refractivity contribution in [2.45, 2.75) is 18.9 Å². The van der Waals surface area contributed by atoms with Crippen LogP contribution in [0, 0.1) is 10.1 Å². The van der Waals surface area contributed by atoms with Gasteiger partial charge in [0.15, 0.2) is 5.13 Å². The maximum Gasteiger partial charge on any atom is 0.293 e. The average Bonchev–Trinajstić information content (AvgIpc) is 3.29. The van der Waals surface area contributed by atoms with Crippen molar-refractivity contribution in [3.63, 3.8) is 0 Å². The number of nitrogen functional groups attached to an aromatic ring is 1. The van der Waals surface area contributed by atoms with Gasteiger partial charge >= 0.3 is 0 Å². The third-order valence-corrected chi connectivity index (χ3v) is 8.07. The molecular weight excluding hydrogens is 506 g/mol. The first-order valence-corrected chi connectivity index (χ1v) is 13.4. The lowest BCUT2D eigenvalue weighted by molar-refractivity contribution is -0.384. The monoisotopic (exact) mass is 537 g/mol. The van der Waals surface area contributed by atoms with E-state index in [4.69, 9.17) is 5.73 Å². The summed E-state index contributed by atoms with van der Waals surface area (Å²) in [6, 6.07) is 12.5. The van der Waals surface area contributed by atoms with Crippen LogP contribution in [0.2, 0.25) is 0 Å². The number of likely N-dealkylation sites (N-methyl/N-ethyl adjacent to an activating group) is 1. The standard InChI is InChI=1S/C26H31N7O4S/c1-30-12-14-31(15-13-30)19-5-3-18(4-6-19)28-26-29-25(27)24(38-26)23(35)17-2-7-21(22(16-17)33(36)37)32-10-8-20(34)9-11-32/h2-7,16,20,34H,8-15,27H2,1H3,(H,28,29). The lowest BCUT2D eigenvalue weighted by atomic mass is 10.0. The molecule has 0 amide bonds. The van der Waals surface area contributed by atoms with E-state index in [1.807, 2.05) is 17.0 Å². The summed E-state index contributed by atoms with van der Waals surface area (Å²) in [5.74, 6) is -0.338. The Bertz CT molecular complexity index is 1310. The van der Waals surface area contributed by atoms with E-state index in [1.165, 1.54) is 6.07 Å². The van der Waals surface area contributed by atoms with Crippen molar-refractivity contribution in [3.05, 3.63) is 63.0 Å². The van der Waals surface area contributed by atoms with E-state index in [-0.39, 0.29) is 21.9 Å². The van der Waals surface area contributed by atoms with Gasteiger partial charge in [0.2, 0.25) is 5.78 Å². The van der Waals surface area contributed by atoms with Crippen LogP contribution in [0.1, 0.15) is 28.1 Å². The lowest BCUT2D eigenvalue weighted by Crippen LogP contribution is -2.44. The molecule has 2 saturated heterocycles. The fourth-order valence-corrected chi connectivity index (χ4v) is 5.67. The Kier molecular flexibility index (Phi) is 7.45. The fraction of sp³-hybridized carbons (Fsp3) is 0.385. The summed E-state index contributed by atoms with van der Waals surface area (Å²) in [6.45, 7) is 5.06. The van der Waals surface area contributed by atoms with Crippen LogP contribution in [0.25, 0.3) is 0 Å². The second-order valence-corrected chi connectivity index (χ2v) is 10.7. The van der Waals surface area contributed by atoms with E-state index in [0.717, 1.165) is 48.9 Å². The number of anilines is 5. The van der Waals surface area contributed by atoms with Crippen molar-refractivity contribution in [2.24, 2.45) is 0 Å². The van der Waals surface area contributed by atoms with Gasteiger partial charge < -0.3 is 30.9 Å². The zero-order valence-electron chi connectivity index (χ0n) is 21.2. The van der Waals surface area contributed by atoms with Crippen LogP contribution < -0.4 is 20.9 Å². The Morgan fingerprint density at radius 2 is 1.76 bits per heavy atom. The number of carbonyl (C=O) groups excluding carboxylic acids is 1. The molecule has 11 nitrogen and oxygen atoms in total. The number of carbonyl (C=O) groups is 1. The maximum absolute atomic E-state index is 13.3. The summed E-state index contributed by atoms with van der Waals surface area (Å²) in [5.41, 5.74) is 8.54. The highest BCUT2D eigenvalue weighted by atomic mass is 32.1. The van der Waals surface area contributed by atoms with Crippen LogP contribution in [0.5, 0.6) is 0 Å². The summed E-state index contributed by atoms with van der Waals surface area (Å²) >= 11 is 1.12. The zero-order valence-corrected chi connectivity index (χ0v) is 22.0. The Balaban J connectivity index is 1.30. The Morgan fingerprint density at radius 1 is 1.08 bits per heavy atom. The Morgan fingerprint density at radius 3 is 2.42 bits per heavy atom. The van der Waals surface area contributed by atoms with Crippen molar-refractivity contribution < 1.29 is 14.8 Å². The smallest absolute Gasteiger partial charge is 0.293 e. The molecule has 0 bridgehead atoms. The first-order chi connectivity index (χ1) is 18.3. The molecule has 0 radical (unpaired) electrons. The van der Waals surface area contributed by atoms with Gasteiger partial charge in [-0.15, -0.1) is 0 Å². The third-order valence-electron chi connectivity index (χ3n) is 7.09. The summed E-state index contributed by atoms with van der Waals surface area (Å²) in [4.78, 5) is 35.7. The molecule has 1 aromatic heterocycles. The number of nitro groups is 1. The number of ketones is 1. The summed E-state index contributed by atoms with van der Waals surface area (Å²) in [6.07, 6.45) is 0.700. The number of aromatic nitrogens is 1. The maximum atomic E-state index is 13.3. The van der Waals surface area contributed by atoms with Gasteiger partial charge in [-0.1, -0.05) is 11.3 Å². The number of nitro benzene ring substituents is 1. The van der Waals surface area contributed by atoms with Crippen LogP contribution in [-0.4, -0.2) is 78.1 Å². The second-order valence-electron chi connectivity index (χ2n) is 9.70. The number of benzene rings is 2. The fourth-order valence-electron chi connectivity index (χ4n) is 4.81. The molecule has 0 spiro atoms. The number of aliphatic hydroxyl groups excluding tert-OH is 1. The minimum atomic E-state index is -0.480.